The number of hydrogen-bond donors (Lipinski definition) is 2. The van der Waals surface area contributed by atoms with Gasteiger partial charge in [0.25, 0.3) is 0 Å². The van der Waals surface area contributed by atoms with Crippen molar-refractivity contribution in [1.29, 1.82) is 0 Å². The Labute approximate surface area is 180 Å². The van der Waals surface area contributed by atoms with E-state index in [4.69, 9.17) is 10.7 Å². The van der Waals surface area contributed by atoms with E-state index in [-0.39, 0.29) is 11.2 Å². The van der Waals surface area contributed by atoms with Gasteiger partial charge >= 0.3 is 5.69 Å². The second-order valence-electron chi connectivity index (χ2n) is 8.16. The maximum atomic E-state index is 12.0. The fourth-order valence-corrected chi connectivity index (χ4v) is 4.23. The summed E-state index contributed by atoms with van der Waals surface area (Å²) in [6.07, 6.45) is 9.50. The van der Waals surface area contributed by atoms with Gasteiger partial charge in [-0.2, -0.15) is 5.10 Å². The van der Waals surface area contributed by atoms with Crippen molar-refractivity contribution >= 4 is 17.5 Å². The zero-order valence-corrected chi connectivity index (χ0v) is 17.3. The molecule has 1 fully saturated rings. The molecular formula is C25H25N5O. The van der Waals surface area contributed by atoms with Crippen LogP contribution in [0.2, 0.25) is 0 Å². The van der Waals surface area contributed by atoms with Gasteiger partial charge in [-0.25, -0.2) is 9.89 Å². The Morgan fingerprint density at radius 2 is 1.77 bits per heavy atom. The maximum absolute atomic E-state index is 12.0. The molecule has 31 heavy (non-hydrogen) atoms. The van der Waals surface area contributed by atoms with Crippen LogP contribution < -0.4 is 11.4 Å². The van der Waals surface area contributed by atoms with E-state index < -0.39 is 0 Å². The van der Waals surface area contributed by atoms with E-state index >= 15 is 0 Å². The number of aromatic amines is 1. The highest BCUT2D eigenvalue weighted by molar-refractivity contribution is 6.31. The third-order valence-electron chi connectivity index (χ3n) is 6.19. The molecule has 6 nitrogen and oxygen atoms in total. The van der Waals surface area contributed by atoms with E-state index in [1.807, 2.05) is 24.3 Å². The van der Waals surface area contributed by atoms with Crippen molar-refractivity contribution in [3.63, 3.8) is 0 Å². The summed E-state index contributed by atoms with van der Waals surface area (Å²) >= 11 is 0. The van der Waals surface area contributed by atoms with Gasteiger partial charge in [-0.1, -0.05) is 60.7 Å². The summed E-state index contributed by atoms with van der Waals surface area (Å²) in [5.41, 5.74) is 11.4. The molecule has 0 saturated heterocycles. The number of allylic oxidation sites excluding steroid dienone is 2. The maximum Gasteiger partial charge on any atom is 0.347 e. The van der Waals surface area contributed by atoms with E-state index in [0.717, 1.165) is 35.3 Å². The lowest BCUT2D eigenvalue weighted by atomic mass is 9.72. The lowest BCUT2D eigenvalue weighted by molar-refractivity contribution is 0.253. The summed E-state index contributed by atoms with van der Waals surface area (Å²) in [7, 11) is 0. The molecule has 2 aromatic carbocycles. The summed E-state index contributed by atoms with van der Waals surface area (Å²) in [6.45, 7) is 0.457. The lowest BCUT2D eigenvalue weighted by Crippen LogP contribution is -2.43. The van der Waals surface area contributed by atoms with E-state index in [0.29, 0.717) is 18.8 Å². The van der Waals surface area contributed by atoms with Crippen molar-refractivity contribution in [2.45, 2.75) is 31.2 Å². The summed E-state index contributed by atoms with van der Waals surface area (Å²) in [5, 5.41) is 6.72. The van der Waals surface area contributed by atoms with Gasteiger partial charge in [0, 0.05) is 29.3 Å². The van der Waals surface area contributed by atoms with Crippen LogP contribution in [0.15, 0.2) is 76.5 Å². The first-order valence-corrected chi connectivity index (χ1v) is 10.7. The Morgan fingerprint density at radius 1 is 1.00 bits per heavy atom. The van der Waals surface area contributed by atoms with Crippen LogP contribution in [0.4, 0.5) is 0 Å². The highest BCUT2D eigenvalue weighted by Gasteiger charge is 2.34. The first kappa shape index (κ1) is 19.5. The number of fused-ring (bicyclic) bond motifs is 1. The molecule has 2 heterocycles. The fourth-order valence-electron chi connectivity index (χ4n) is 4.23. The Hall–Kier alpha value is -3.51. The van der Waals surface area contributed by atoms with E-state index in [1.54, 1.807) is 6.20 Å². The van der Waals surface area contributed by atoms with Gasteiger partial charge in [0.05, 0.1) is 12.3 Å². The van der Waals surface area contributed by atoms with Crippen LogP contribution in [0.3, 0.4) is 0 Å². The number of benzene rings is 2. The monoisotopic (exact) mass is 411 g/mol. The van der Waals surface area contributed by atoms with Crippen molar-refractivity contribution in [2.24, 2.45) is 10.7 Å². The number of hydrogen-bond acceptors (Lipinski definition) is 4. The number of nitrogens with one attached hydrogen (secondary N) is 1. The van der Waals surface area contributed by atoms with Gasteiger partial charge in [-0.3, -0.25) is 9.56 Å². The number of H-pyrrole nitrogens is 1. The normalized spacial score (nSPS) is 17.8. The quantitative estimate of drug-likeness (QED) is 0.691. The molecule has 0 unspecified atom stereocenters. The predicted molar refractivity (Wildman–Crippen MR) is 124 cm³/mol. The molecule has 1 aliphatic carbocycles. The van der Waals surface area contributed by atoms with Crippen molar-refractivity contribution in [3.05, 3.63) is 99.7 Å². The molecule has 1 aliphatic heterocycles. The van der Waals surface area contributed by atoms with Gasteiger partial charge in [-0.15, -0.1) is 0 Å². The molecule has 0 bridgehead atoms. The van der Waals surface area contributed by atoms with Crippen molar-refractivity contribution in [3.8, 4) is 0 Å². The van der Waals surface area contributed by atoms with Crippen LogP contribution in [0, 0.1) is 0 Å². The average molecular weight is 412 g/mol. The van der Waals surface area contributed by atoms with Gasteiger partial charge < -0.3 is 5.73 Å². The van der Waals surface area contributed by atoms with Crippen LogP contribution in [0.25, 0.3) is 11.8 Å². The summed E-state index contributed by atoms with van der Waals surface area (Å²) in [4.78, 5) is 16.9. The minimum Gasteiger partial charge on any atom is -0.321 e. The lowest BCUT2D eigenvalue weighted by Gasteiger charge is -2.38. The van der Waals surface area contributed by atoms with Crippen LogP contribution >= 0.6 is 0 Å². The Kier molecular flexibility index (Phi) is 5.00. The highest BCUT2D eigenvalue weighted by atomic mass is 16.1. The Morgan fingerprint density at radius 3 is 2.48 bits per heavy atom. The number of aliphatic imine (C=N–C) groups is 1. The number of nitrogens with zero attached hydrogens (tertiary/aromatic N) is 3. The molecule has 3 aromatic rings. The Bertz CT molecular complexity index is 1220. The summed E-state index contributed by atoms with van der Waals surface area (Å²) < 4.78 is 1.54. The van der Waals surface area contributed by atoms with Crippen LogP contribution in [-0.4, -0.2) is 27.0 Å². The number of nitrogens with two attached hydrogens (primary N) is 1. The van der Waals surface area contributed by atoms with Gasteiger partial charge in [0.15, 0.2) is 0 Å². The first-order valence-electron chi connectivity index (χ1n) is 10.7. The van der Waals surface area contributed by atoms with Crippen LogP contribution in [0.5, 0.6) is 0 Å². The Balaban J connectivity index is 1.58. The molecule has 1 saturated carbocycles. The number of rotatable bonds is 3. The zero-order chi connectivity index (χ0) is 21.3. The molecular weight excluding hydrogens is 386 g/mol. The molecule has 0 spiro atoms. The average Bonchev–Trinajstić information content (AvgIpc) is 3.14. The molecule has 0 amide bonds. The molecule has 6 heteroatoms. The largest absolute Gasteiger partial charge is 0.347 e. The van der Waals surface area contributed by atoms with Crippen LogP contribution in [0.1, 0.15) is 41.8 Å². The van der Waals surface area contributed by atoms with E-state index in [1.165, 1.54) is 16.6 Å². The van der Waals surface area contributed by atoms with Gasteiger partial charge in [-0.05, 0) is 36.5 Å². The zero-order valence-electron chi connectivity index (χ0n) is 17.3. The van der Waals surface area contributed by atoms with Crippen molar-refractivity contribution in [2.75, 3.05) is 6.54 Å². The topological polar surface area (TPSA) is 89.1 Å². The predicted octanol–water partition coefficient (Wildman–Crippen LogP) is 3.51. The van der Waals surface area contributed by atoms with Crippen molar-refractivity contribution in [1.82, 2.24) is 14.8 Å². The van der Waals surface area contributed by atoms with Crippen molar-refractivity contribution < 1.29 is 0 Å². The molecule has 3 N–H and O–H groups in total. The van der Waals surface area contributed by atoms with E-state index in [9.17, 15) is 4.79 Å². The third kappa shape index (κ3) is 3.70. The molecule has 1 aromatic heterocycles. The first-order chi connectivity index (χ1) is 15.1. The third-order valence-corrected chi connectivity index (χ3v) is 6.19. The minimum absolute atomic E-state index is 0.179. The molecule has 156 valence electrons. The second-order valence-corrected chi connectivity index (χ2v) is 8.16. The molecule has 5 rings (SSSR count). The van der Waals surface area contributed by atoms with E-state index in [2.05, 4.69) is 52.7 Å². The molecule has 0 radical (unpaired) electrons. The van der Waals surface area contributed by atoms with Gasteiger partial charge in [0.2, 0.25) is 0 Å². The van der Waals surface area contributed by atoms with Gasteiger partial charge in [0.1, 0.15) is 5.82 Å². The smallest absolute Gasteiger partial charge is 0.321 e. The summed E-state index contributed by atoms with van der Waals surface area (Å²) in [5.74, 6) is 0.668. The standard InChI is InChI=1S/C25H25N5O/c26-25(14-4-15-25)20-10-8-19(9-11-20)23-21(18-6-2-1-3-7-18)12-13-22-28-29-24(31)30(22)17-5-16-27-23/h1-3,5-12,17H,4,13-16,26H2,(H,29,31). The highest BCUT2D eigenvalue weighted by Crippen LogP contribution is 2.38. The fraction of sp³-hybridized carbons (Fsp3) is 0.240. The summed E-state index contributed by atoms with van der Waals surface area (Å²) in [6, 6.07) is 18.7. The number of aromatic nitrogens is 3. The SMILES string of the molecule is NC1(c2ccc(C3=NCC=Cn4c(n[nH]c4=O)CC=C3c3ccccc3)cc2)CCC1. The second kappa shape index (κ2) is 7.96. The minimum atomic E-state index is -0.243. The van der Waals surface area contributed by atoms with Crippen LogP contribution in [-0.2, 0) is 12.0 Å². The molecule has 2 aliphatic rings. The molecule has 0 atom stereocenters.